The molecule has 1 aromatic heterocycles. The smallest absolute Gasteiger partial charge is 0.0561 e. The number of hydrogen-bond acceptors (Lipinski definition) is 2. The molecule has 0 aliphatic carbocycles. The molecule has 1 aromatic carbocycles. The van der Waals surface area contributed by atoms with Gasteiger partial charge in [0.25, 0.3) is 0 Å². The van der Waals surface area contributed by atoms with Gasteiger partial charge < -0.3 is 0 Å². The van der Waals surface area contributed by atoms with Crippen LogP contribution in [0.5, 0.6) is 0 Å². The zero-order valence-electron chi connectivity index (χ0n) is 6.67. The molecule has 0 bridgehead atoms. The third-order valence-corrected chi connectivity index (χ3v) is 3.40. The summed E-state index contributed by atoms with van der Waals surface area (Å²) in [7, 11) is 0. The molecule has 0 aliphatic rings. The van der Waals surface area contributed by atoms with Crippen molar-refractivity contribution in [2.45, 2.75) is 13.3 Å². The summed E-state index contributed by atoms with van der Waals surface area (Å²) < 4.78 is 6.58. The van der Waals surface area contributed by atoms with Gasteiger partial charge in [0, 0.05) is 16.1 Å². The summed E-state index contributed by atoms with van der Waals surface area (Å²) in [6.07, 6.45) is 2.98. The largest absolute Gasteiger partial charge is 0.200 e. The van der Waals surface area contributed by atoms with Gasteiger partial charge in [0.15, 0.2) is 0 Å². The van der Waals surface area contributed by atoms with E-state index in [2.05, 4.69) is 39.4 Å². The Bertz CT molecular complexity index is 408. The Hall–Kier alpha value is -0.410. The van der Waals surface area contributed by atoms with Crippen LogP contribution in [0.25, 0.3) is 10.1 Å². The second kappa shape index (κ2) is 3.15. The van der Waals surface area contributed by atoms with E-state index in [9.17, 15) is 0 Å². The number of aryl methyl sites for hydroxylation is 1. The molecule has 0 fully saturated rings. The van der Waals surface area contributed by atoms with Crippen molar-refractivity contribution in [2.75, 3.05) is 0 Å². The number of halogens is 1. The predicted octanol–water partition coefficient (Wildman–Crippen LogP) is 3.62. The van der Waals surface area contributed by atoms with Crippen LogP contribution in [0.1, 0.15) is 12.5 Å². The van der Waals surface area contributed by atoms with Crippen molar-refractivity contribution in [3.63, 3.8) is 0 Å². The minimum Gasteiger partial charge on any atom is -0.200 e. The van der Waals surface area contributed by atoms with E-state index in [1.807, 2.05) is 6.20 Å². The van der Waals surface area contributed by atoms with E-state index in [0.29, 0.717) is 0 Å². The lowest BCUT2D eigenvalue weighted by Gasteiger charge is -1.99. The van der Waals surface area contributed by atoms with E-state index in [0.717, 1.165) is 6.42 Å². The Labute approximate surface area is 83.7 Å². The molecule has 0 saturated heterocycles. The van der Waals surface area contributed by atoms with E-state index in [1.165, 1.54) is 20.1 Å². The minimum atomic E-state index is 1.06. The van der Waals surface area contributed by atoms with Gasteiger partial charge in [-0.1, -0.05) is 22.9 Å². The molecule has 0 aliphatic heterocycles. The van der Waals surface area contributed by atoms with Crippen molar-refractivity contribution in [3.05, 3.63) is 28.4 Å². The zero-order chi connectivity index (χ0) is 8.55. The highest BCUT2D eigenvalue weighted by molar-refractivity contribution is 9.10. The molecular weight excluding hydrogens is 234 g/mol. The van der Waals surface area contributed by atoms with Crippen LogP contribution in [-0.4, -0.2) is 4.37 Å². The second-order valence-corrected chi connectivity index (χ2v) is 4.35. The fourth-order valence-corrected chi connectivity index (χ4v) is 2.65. The van der Waals surface area contributed by atoms with E-state index in [1.54, 1.807) is 11.5 Å². The average Bonchev–Trinajstić information content (AvgIpc) is 2.49. The molecule has 0 radical (unpaired) electrons. The molecule has 1 nitrogen and oxygen atoms in total. The van der Waals surface area contributed by atoms with Crippen LogP contribution in [0.15, 0.2) is 22.8 Å². The second-order valence-electron chi connectivity index (χ2n) is 2.66. The number of rotatable bonds is 1. The van der Waals surface area contributed by atoms with Gasteiger partial charge in [0.2, 0.25) is 0 Å². The summed E-state index contributed by atoms with van der Waals surface area (Å²) in [6, 6.07) is 4.34. The standard InChI is InChI=1S/C9H8BrNS/c1-2-6-3-7-5-11-12-9(7)4-8(6)10/h3-5H,2H2,1H3. The van der Waals surface area contributed by atoms with Crippen LogP contribution in [-0.2, 0) is 6.42 Å². The van der Waals surface area contributed by atoms with Gasteiger partial charge >= 0.3 is 0 Å². The molecule has 3 heteroatoms. The van der Waals surface area contributed by atoms with Crippen molar-refractivity contribution in [3.8, 4) is 0 Å². The van der Waals surface area contributed by atoms with Gasteiger partial charge in [-0.2, -0.15) is 4.37 Å². The first-order valence-corrected chi connectivity index (χ1v) is 5.40. The van der Waals surface area contributed by atoms with Crippen molar-refractivity contribution >= 4 is 37.5 Å². The number of fused-ring (bicyclic) bond motifs is 1. The topological polar surface area (TPSA) is 12.9 Å². The predicted molar refractivity (Wildman–Crippen MR) is 56.7 cm³/mol. The maximum Gasteiger partial charge on any atom is 0.0561 e. The Morgan fingerprint density at radius 3 is 3.08 bits per heavy atom. The Morgan fingerprint density at radius 1 is 1.50 bits per heavy atom. The lowest BCUT2D eigenvalue weighted by atomic mass is 10.1. The highest BCUT2D eigenvalue weighted by Crippen LogP contribution is 2.26. The van der Waals surface area contributed by atoms with Crippen LogP contribution in [0, 0.1) is 0 Å². The molecular formula is C9H8BrNS. The van der Waals surface area contributed by atoms with Crippen LogP contribution in [0.3, 0.4) is 0 Å². The SMILES string of the molecule is CCc1cc2cnsc2cc1Br. The van der Waals surface area contributed by atoms with E-state index >= 15 is 0 Å². The first-order chi connectivity index (χ1) is 5.81. The normalized spacial score (nSPS) is 10.8. The van der Waals surface area contributed by atoms with E-state index < -0.39 is 0 Å². The van der Waals surface area contributed by atoms with Crippen LogP contribution >= 0.6 is 27.5 Å². The number of nitrogens with zero attached hydrogens (tertiary/aromatic N) is 1. The van der Waals surface area contributed by atoms with Crippen molar-refractivity contribution in [2.24, 2.45) is 0 Å². The lowest BCUT2D eigenvalue weighted by Crippen LogP contribution is -1.80. The van der Waals surface area contributed by atoms with Crippen molar-refractivity contribution in [1.82, 2.24) is 4.37 Å². The fourth-order valence-electron chi connectivity index (χ4n) is 1.21. The third-order valence-electron chi connectivity index (χ3n) is 1.90. The van der Waals surface area contributed by atoms with Gasteiger partial charge in [-0.05, 0) is 35.6 Å². The van der Waals surface area contributed by atoms with Crippen LogP contribution in [0.4, 0.5) is 0 Å². The van der Waals surface area contributed by atoms with Crippen LogP contribution in [0.2, 0.25) is 0 Å². The molecule has 1 heterocycles. The summed E-state index contributed by atoms with van der Waals surface area (Å²) in [4.78, 5) is 0. The molecule has 0 unspecified atom stereocenters. The van der Waals surface area contributed by atoms with Crippen molar-refractivity contribution in [1.29, 1.82) is 0 Å². The average molecular weight is 242 g/mol. The van der Waals surface area contributed by atoms with Crippen LogP contribution < -0.4 is 0 Å². The lowest BCUT2D eigenvalue weighted by molar-refractivity contribution is 1.13. The summed E-state index contributed by atoms with van der Waals surface area (Å²) in [5.74, 6) is 0. The molecule has 0 amide bonds. The number of aromatic nitrogens is 1. The molecule has 0 N–H and O–H groups in total. The van der Waals surface area contributed by atoms with Gasteiger partial charge in [-0.3, -0.25) is 0 Å². The summed E-state index contributed by atoms with van der Waals surface area (Å²) in [5, 5.41) is 1.25. The Morgan fingerprint density at radius 2 is 2.33 bits per heavy atom. The molecule has 0 atom stereocenters. The Balaban J connectivity index is 2.73. The maximum absolute atomic E-state index is 4.14. The third kappa shape index (κ3) is 1.27. The first-order valence-electron chi connectivity index (χ1n) is 3.84. The van der Waals surface area contributed by atoms with Gasteiger partial charge in [0.1, 0.15) is 0 Å². The quantitative estimate of drug-likeness (QED) is 0.744. The number of benzene rings is 1. The first kappa shape index (κ1) is 8.20. The van der Waals surface area contributed by atoms with E-state index in [4.69, 9.17) is 0 Å². The maximum atomic E-state index is 4.14. The molecule has 0 saturated carbocycles. The van der Waals surface area contributed by atoms with Gasteiger partial charge in [-0.15, -0.1) is 0 Å². The molecule has 62 valence electrons. The molecule has 12 heavy (non-hydrogen) atoms. The summed E-state index contributed by atoms with van der Waals surface area (Å²) >= 11 is 5.08. The highest BCUT2D eigenvalue weighted by atomic mass is 79.9. The molecule has 2 aromatic rings. The fraction of sp³-hybridized carbons (Fsp3) is 0.222. The highest BCUT2D eigenvalue weighted by Gasteiger charge is 2.01. The van der Waals surface area contributed by atoms with Gasteiger partial charge in [-0.25, -0.2) is 0 Å². The molecule has 2 rings (SSSR count). The summed E-state index contributed by atoms with van der Waals surface area (Å²) in [6.45, 7) is 2.16. The monoisotopic (exact) mass is 241 g/mol. The number of hydrogen-bond donors (Lipinski definition) is 0. The minimum absolute atomic E-state index is 1.06. The Kier molecular flexibility index (Phi) is 2.15. The molecule has 0 spiro atoms. The van der Waals surface area contributed by atoms with Crippen molar-refractivity contribution < 1.29 is 0 Å². The zero-order valence-corrected chi connectivity index (χ0v) is 9.08. The van der Waals surface area contributed by atoms with E-state index in [-0.39, 0.29) is 0 Å². The van der Waals surface area contributed by atoms with Gasteiger partial charge in [0.05, 0.1) is 4.70 Å². The summed E-state index contributed by atoms with van der Waals surface area (Å²) in [5.41, 5.74) is 1.35.